The normalized spacial score (nSPS) is 10.2. The molecule has 142 valence electrons. The Bertz CT molecular complexity index is 892. The number of phenols is 1. The number of hydrogen-bond acceptors (Lipinski definition) is 5. The van der Waals surface area contributed by atoms with Crippen LogP contribution >= 0.6 is 11.6 Å². The van der Waals surface area contributed by atoms with E-state index in [9.17, 15) is 28.3 Å². The number of carbonyl (C=O) groups is 3. The first-order valence-corrected chi connectivity index (χ1v) is 7.81. The molecule has 0 aliphatic carbocycles. The van der Waals surface area contributed by atoms with Crippen molar-refractivity contribution < 1.29 is 33.0 Å². The average Bonchev–Trinajstić information content (AvgIpc) is 2.61. The quantitative estimate of drug-likeness (QED) is 0.647. The van der Waals surface area contributed by atoms with E-state index in [1.807, 2.05) is 0 Å². The van der Waals surface area contributed by atoms with Gasteiger partial charge < -0.3 is 20.5 Å². The topological polar surface area (TPSA) is 105 Å². The zero-order valence-corrected chi connectivity index (χ0v) is 14.3. The van der Waals surface area contributed by atoms with E-state index in [4.69, 9.17) is 16.3 Å². The van der Waals surface area contributed by atoms with Crippen molar-refractivity contribution in [3.8, 4) is 5.75 Å². The predicted octanol–water partition coefficient (Wildman–Crippen LogP) is 2.24. The van der Waals surface area contributed by atoms with Gasteiger partial charge in [-0.3, -0.25) is 9.59 Å². The van der Waals surface area contributed by atoms with Crippen LogP contribution < -0.4 is 10.6 Å². The third kappa shape index (κ3) is 5.93. The highest BCUT2D eigenvalue weighted by molar-refractivity contribution is 6.30. The lowest BCUT2D eigenvalue weighted by atomic mass is 10.2. The van der Waals surface area contributed by atoms with Crippen LogP contribution in [-0.4, -0.2) is 36.0 Å². The fraction of sp³-hybridized carbons (Fsp3) is 0.118. The number of phenolic OH excluding ortho intramolecular Hbond substituents is 1. The second kappa shape index (κ2) is 8.95. The first kappa shape index (κ1) is 20.1. The number of ether oxygens (including phenoxy) is 1. The van der Waals surface area contributed by atoms with Crippen LogP contribution in [-0.2, 0) is 14.3 Å². The molecule has 2 aromatic carbocycles. The van der Waals surface area contributed by atoms with Gasteiger partial charge in [0.05, 0.1) is 6.54 Å². The van der Waals surface area contributed by atoms with Gasteiger partial charge in [-0.2, -0.15) is 0 Å². The summed E-state index contributed by atoms with van der Waals surface area (Å²) in [5.41, 5.74) is -0.166. The molecule has 7 nitrogen and oxygen atoms in total. The molecule has 0 aliphatic rings. The van der Waals surface area contributed by atoms with Crippen molar-refractivity contribution in [3.63, 3.8) is 0 Å². The van der Waals surface area contributed by atoms with Gasteiger partial charge in [-0.15, -0.1) is 0 Å². The Morgan fingerprint density at radius 2 is 1.78 bits per heavy atom. The molecule has 0 fully saturated rings. The van der Waals surface area contributed by atoms with Gasteiger partial charge in [0.25, 0.3) is 5.91 Å². The molecule has 3 N–H and O–H groups in total. The smallest absolute Gasteiger partial charge is 0.342 e. The summed E-state index contributed by atoms with van der Waals surface area (Å²) in [4.78, 5) is 35.0. The minimum absolute atomic E-state index is 0.0118. The van der Waals surface area contributed by atoms with Gasteiger partial charge in [-0.25, -0.2) is 13.6 Å². The Morgan fingerprint density at radius 3 is 2.44 bits per heavy atom. The molecule has 0 radical (unpaired) electrons. The average molecular weight is 399 g/mol. The number of anilines is 1. The second-order valence-corrected chi connectivity index (χ2v) is 5.63. The molecular formula is C17H13ClF2N2O5. The summed E-state index contributed by atoms with van der Waals surface area (Å²) < 4.78 is 30.6. The summed E-state index contributed by atoms with van der Waals surface area (Å²) in [5, 5.41) is 14.2. The summed E-state index contributed by atoms with van der Waals surface area (Å²) in [6.45, 7) is -1.18. The molecule has 0 saturated carbocycles. The summed E-state index contributed by atoms with van der Waals surface area (Å²) in [7, 11) is 0. The SMILES string of the molecule is O=C(COC(=O)c1ccc(Cl)cc1O)NCC(=O)Nc1ccc(F)c(F)c1. The van der Waals surface area contributed by atoms with Gasteiger partial charge in [0.2, 0.25) is 5.91 Å². The predicted molar refractivity (Wildman–Crippen MR) is 91.4 cm³/mol. The summed E-state index contributed by atoms with van der Waals surface area (Å²) in [5.74, 6) is -5.03. The van der Waals surface area contributed by atoms with E-state index in [0.717, 1.165) is 24.3 Å². The van der Waals surface area contributed by atoms with Crippen LogP contribution in [0.25, 0.3) is 0 Å². The van der Waals surface area contributed by atoms with E-state index in [-0.39, 0.29) is 16.3 Å². The summed E-state index contributed by atoms with van der Waals surface area (Å²) in [6.07, 6.45) is 0. The number of esters is 1. The van der Waals surface area contributed by atoms with Crippen molar-refractivity contribution in [2.24, 2.45) is 0 Å². The van der Waals surface area contributed by atoms with Gasteiger partial charge in [0.15, 0.2) is 18.2 Å². The Morgan fingerprint density at radius 1 is 1.04 bits per heavy atom. The molecule has 0 aliphatic heterocycles. The number of nitrogens with one attached hydrogen (secondary N) is 2. The maximum Gasteiger partial charge on any atom is 0.342 e. The van der Waals surface area contributed by atoms with E-state index < -0.39 is 48.3 Å². The summed E-state index contributed by atoms with van der Waals surface area (Å²) in [6, 6.07) is 6.51. The molecule has 0 unspecified atom stereocenters. The molecule has 2 rings (SSSR count). The first-order chi connectivity index (χ1) is 12.8. The highest BCUT2D eigenvalue weighted by Gasteiger charge is 2.15. The number of benzene rings is 2. The number of hydrogen-bond donors (Lipinski definition) is 3. The molecule has 2 aromatic rings. The van der Waals surface area contributed by atoms with E-state index >= 15 is 0 Å². The number of rotatable bonds is 6. The fourth-order valence-corrected chi connectivity index (χ4v) is 2.06. The third-order valence-electron chi connectivity index (χ3n) is 3.16. The van der Waals surface area contributed by atoms with Crippen LogP contribution in [0.1, 0.15) is 10.4 Å². The molecule has 0 spiro atoms. The van der Waals surface area contributed by atoms with Gasteiger partial charge in [-0.05, 0) is 30.3 Å². The molecule has 0 heterocycles. The fourth-order valence-electron chi connectivity index (χ4n) is 1.90. The van der Waals surface area contributed by atoms with E-state index in [0.29, 0.717) is 0 Å². The number of aromatic hydroxyl groups is 1. The highest BCUT2D eigenvalue weighted by Crippen LogP contribution is 2.22. The van der Waals surface area contributed by atoms with Crippen LogP contribution in [0.5, 0.6) is 5.75 Å². The van der Waals surface area contributed by atoms with Crippen molar-refractivity contribution in [3.05, 3.63) is 58.6 Å². The Hall–Kier alpha value is -3.20. The lowest BCUT2D eigenvalue weighted by Crippen LogP contribution is -2.35. The van der Waals surface area contributed by atoms with Crippen LogP contribution in [0.3, 0.4) is 0 Å². The maximum absolute atomic E-state index is 13.0. The van der Waals surface area contributed by atoms with Gasteiger partial charge in [-0.1, -0.05) is 11.6 Å². The molecule has 0 saturated heterocycles. The zero-order valence-electron chi connectivity index (χ0n) is 13.6. The Balaban J connectivity index is 1.77. The van der Waals surface area contributed by atoms with Crippen LogP contribution in [0.2, 0.25) is 5.02 Å². The second-order valence-electron chi connectivity index (χ2n) is 5.19. The van der Waals surface area contributed by atoms with Gasteiger partial charge in [0.1, 0.15) is 11.3 Å². The van der Waals surface area contributed by atoms with Crippen molar-refractivity contribution >= 4 is 35.1 Å². The van der Waals surface area contributed by atoms with Gasteiger partial charge >= 0.3 is 5.97 Å². The van der Waals surface area contributed by atoms with E-state index in [1.54, 1.807) is 0 Å². The van der Waals surface area contributed by atoms with Crippen molar-refractivity contribution in [2.75, 3.05) is 18.5 Å². The molecular weight excluding hydrogens is 386 g/mol. The third-order valence-corrected chi connectivity index (χ3v) is 3.40. The zero-order chi connectivity index (χ0) is 20.0. The van der Waals surface area contributed by atoms with Gasteiger partial charge in [0, 0.05) is 16.8 Å². The lowest BCUT2D eigenvalue weighted by Gasteiger charge is -2.08. The number of amides is 2. The number of halogens is 3. The van der Waals surface area contributed by atoms with Crippen molar-refractivity contribution in [1.29, 1.82) is 0 Å². The lowest BCUT2D eigenvalue weighted by molar-refractivity contribution is -0.126. The minimum Gasteiger partial charge on any atom is -0.507 e. The van der Waals surface area contributed by atoms with Crippen LogP contribution in [0.4, 0.5) is 14.5 Å². The minimum atomic E-state index is -1.13. The Labute approximate surface area is 156 Å². The van der Waals surface area contributed by atoms with Crippen molar-refractivity contribution in [2.45, 2.75) is 0 Å². The maximum atomic E-state index is 13.0. The highest BCUT2D eigenvalue weighted by atomic mass is 35.5. The molecule has 0 atom stereocenters. The van der Waals surface area contributed by atoms with Crippen molar-refractivity contribution in [1.82, 2.24) is 5.32 Å². The monoisotopic (exact) mass is 398 g/mol. The van der Waals surface area contributed by atoms with Crippen LogP contribution in [0.15, 0.2) is 36.4 Å². The molecule has 27 heavy (non-hydrogen) atoms. The molecule has 0 bridgehead atoms. The standard InChI is InChI=1S/C17H13ClF2N2O5/c18-9-1-3-11(14(23)5-9)17(26)27-8-16(25)21-7-15(24)22-10-2-4-12(19)13(20)6-10/h1-6,23H,7-8H2,(H,21,25)(H,22,24). The first-order valence-electron chi connectivity index (χ1n) is 7.43. The van der Waals surface area contributed by atoms with E-state index in [1.165, 1.54) is 12.1 Å². The summed E-state index contributed by atoms with van der Waals surface area (Å²) >= 11 is 5.64. The number of carbonyl (C=O) groups excluding carboxylic acids is 3. The van der Waals surface area contributed by atoms with E-state index in [2.05, 4.69) is 10.6 Å². The Kier molecular flexibility index (Phi) is 6.67. The van der Waals surface area contributed by atoms with Crippen LogP contribution in [0, 0.1) is 11.6 Å². The molecule has 0 aromatic heterocycles. The molecule has 2 amide bonds. The molecule has 10 heteroatoms. The largest absolute Gasteiger partial charge is 0.507 e.